The van der Waals surface area contributed by atoms with E-state index in [1.807, 2.05) is 13.0 Å². The summed E-state index contributed by atoms with van der Waals surface area (Å²) < 4.78 is 5.67. The van der Waals surface area contributed by atoms with Crippen LogP contribution in [0.5, 0.6) is 0 Å². The molecule has 1 amide bonds. The second-order valence-corrected chi connectivity index (χ2v) is 6.42. The highest BCUT2D eigenvalue weighted by atomic mass is 35.5. The van der Waals surface area contributed by atoms with E-state index in [2.05, 4.69) is 10.2 Å². The smallest absolute Gasteiger partial charge is 0.269 e. The molecular weight excluding hydrogens is 384 g/mol. The number of hydrogen-bond acceptors (Lipinski definition) is 6. The maximum Gasteiger partial charge on any atom is 0.269 e. The van der Waals surface area contributed by atoms with Gasteiger partial charge < -0.3 is 9.32 Å². The van der Waals surface area contributed by atoms with Crippen LogP contribution in [0.15, 0.2) is 52.9 Å². The van der Waals surface area contributed by atoms with Crippen molar-refractivity contribution in [1.82, 2.24) is 15.1 Å². The van der Waals surface area contributed by atoms with Crippen LogP contribution in [0.3, 0.4) is 0 Å². The number of non-ortho nitro benzene ring substituents is 1. The molecule has 1 aromatic heterocycles. The molecule has 3 aromatic rings. The highest BCUT2D eigenvalue weighted by Crippen LogP contribution is 2.26. The molecule has 0 bridgehead atoms. The maximum absolute atomic E-state index is 12.8. The van der Waals surface area contributed by atoms with Gasteiger partial charge in [0.1, 0.15) is 0 Å². The third kappa shape index (κ3) is 4.34. The molecule has 28 heavy (non-hydrogen) atoms. The van der Waals surface area contributed by atoms with E-state index in [4.69, 9.17) is 16.0 Å². The van der Waals surface area contributed by atoms with E-state index in [1.165, 1.54) is 24.3 Å². The summed E-state index contributed by atoms with van der Waals surface area (Å²) in [7, 11) is 0. The molecule has 0 aliphatic carbocycles. The minimum atomic E-state index is -0.507. The Morgan fingerprint density at radius 2 is 1.89 bits per heavy atom. The molecule has 0 saturated heterocycles. The highest BCUT2D eigenvalue weighted by molar-refractivity contribution is 6.33. The third-order valence-electron chi connectivity index (χ3n) is 4.00. The monoisotopic (exact) mass is 400 g/mol. The van der Waals surface area contributed by atoms with E-state index in [9.17, 15) is 14.9 Å². The lowest BCUT2D eigenvalue weighted by molar-refractivity contribution is -0.384. The lowest BCUT2D eigenvalue weighted by Gasteiger charge is -2.20. The molecule has 9 heteroatoms. The van der Waals surface area contributed by atoms with Gasteiger partial charge in [0.15, 0.2) is 0 Å². The molecule has 0 radical (unpaired) electrons. The van der Waals surface area contributed by atoms with Crippen molar-refractivity contribution in [1.29, 1.82) is 0 Å². The molecule has 0 atom stereocenters. The molecular formula is C19H17ClN4O4. The van der Waals surface area contributed by atoms with Gasteiger partial charge >= 0.3 is 0 Å². The molecule has 0 N–H and O–H groups in total. The van der Waals surface area contributed by atoms with Gasteiger partial charge in [-0.2, -0.15) is 0 Å². The van der Waals surface area contributed by atoms with Crippen LogP contribution in [0.25, 0.3) is 11.5 Å². The van der Waals surface area contributed by atoms with Crippen LogP contribution in [-0.2, 0) is 6.54 Å². The summed E-state index contributed by atoms with van der Waals surface area (Å²) in [5.74, 6) is 0.285. The Kier molecular flexibility index (Phi) is 6.00. The second-order valence-electron chi connectivity index (χ2n) is 6.01. The van der Waals surface area contributed by atoms with Crippen molar-refractivity contribution >= 4 is 23.2 Å². The summed E-state index contributed by atoms with van der Waals surface area (Å²) in [6, 6.07) is 12.6. The summed E-state index contributed by atoms with van der Waals surface area (Å²) >= 11 is 6.15. The van der Waals surface area contributed by atoms with Gasteiger partial charge in [-0.25, -0.2) is 0 Å². The van der Waals surface area contributed by atoms with E-state index in [1.54, 1.807) is 23.1 Å². The number of benzene rings is 2. The number of rotatable bonds is 7. The molecule has 0 aliphatic heterocycles. The Balaban J connectivity index is 1.78. The lowest BCUT2D eigenvalue weighted by atomic mass is 10.1. The van der Waals surface area contributed by atoms with Gasteiger partial charge in [0, 0.05) is 24.2 Å². The normalized spacial score (nSPS) is 10.6. The summed E-state index contributed by atoms with van der Waals surface area (Å²) in [5, 5.41) is 19.3. The first kappa shape index (κ1) is 19.5. The van der Waals surface area contributed by atoms with Crippen molar-refractivity contribution in [3.63, 3.8) is 0 Å². The van der Waals surface area contributed by atoms with Gasteiger partial charge in [0.25, 0.3) is 11.6 Å². The number of nitro benzene ring substituents is 1. The van der Waals surface area contributed by atoms with Crippen LogP contribution in [0.1, 0.15) is 29.6 Å². The Hall–Kier alpha value is -3.26. The zero-order valence-electron chi connectivity index (χ0n) is 15.0. The van der Waals surface area contributed by atoms with E-state index in [-0.39, 0.29) is 29.9 Å². The van der Waals surface area contributed by atoms with Crippen LogP contribution in [0.2, 0.25) is 5.02 Å². The molecule has 0 saturated carbocycles. The van der Waals surface area contributed by atoms with Crippen molar-refractivity contribution < 1.29 is 14.1 Å². The molecule has 0 fully saturated rings. The Morgan fingerprint density at radius 1 is 1.18 bits per heavy atom. The van der Waals surface area contributed by atoms with Crippen molar-refractivity contribution in [2.24, 2.45) is 0 Å². The van der Waals surface area contributed by atoms with Crippen molar-refractivity contribution in [3.8, 4) is 11.5 Å². The number of halogens is 1. The van der Waals surface area contributed by atoms with Gasteiger partial charge in [0.2, 0.25) is 11.8 Å². The predicted molar refractivity (Wildman–Crippen MR) is 103 cm³/mol. The minimum Gasteiger partial charge on any atom is -0.419 e. The fourth-order valence-electron chi connectivity index (χ4n) is 2.65. The number of amides is 1. The Morgan fingerprint density at radius 3 is 2.54 bits per heavy atom. The number of carbonyl (C=O) groups excluding carboxylic acids is 1. The van der Waals surface area contributed by atoms with Gasteiger partial charge in [-0.05, 0) is 30.7 Å². The van der Waals surface area contributed by atoms with E-state index in [0.717, 1.165) is 6.42 Å². The number of aromatic nitrogens is 2. The highest BCUT2D eigenvalue weighted by Gasteiger charge is 2.20. The van der Waals surface area contributed by atoms with Gasteiger partial charge in [0.05, 0.1) is 22.1 Å². The van der Waals surface area contributed by atoms with E-state index < -0.39 is 4.92 Å². The largest absolute Gasteiger partial charge is 0.419 e. The topological polar surface area (TPSA) is 102 Å². The third-order valence-corrected chi connectivity index (χ3v) is 4.33. The van der Waals surface area contributed by atoms with Gasteiger partial charge in [-0.1, -0.05) is 30.7 Å². The molecule has 2 aromatic carbocycles. The summed E-state index contributed by atoms with van der Waals surface area (Å²) in [5.41, 5.74) is 0.899. The Bertz CT molecular complexity index is 988. The summed E-state index contributed by atoms with van der Waals surface area (Å²) in [6.07, 6.45) is 0.726. The van der Waals surface area contributed by atoms with Crippen LogP contribution in [0.4, 0.5) is 5.69 Å². The number of nitrogens with zero attached hydrogens (tertiary/aromatic N) is 4. The minimum absolute atomic E-state index is 0.0696. The second kappa shape index (κ2) is 8.62. The zero-order chi connectivity index (χ0) is 20.1. The van der Waals surface area contributed by atoms with E-state index in [0.29, 0.717) is 22.7 Å². The summed E-state index contributed by atoms with van der Waals surface area (Å²) in [4.78, 5) is 24.6. The summed E-state index contributed by atoms with van der Waals surface area (Å²) in [6.45, 7) is 2.54. The maximum atomic E-state index is 12.8. The average Bonchev–Trinajstić information content (AvgIpc) is 3.16. The van der Waals surface area contributed by atoms with Crippen molar-refractivity contribution in [2.45, 2.75) is 19.9 Å². The standard InChI is InChI=1S/C19H17ClN4O4/c1-2-11-23(19(25)13-7-9-14(10-8-13)24(26)27)12-17-21-22-18(28-17)15-5-3-4-6-16(15)20/h3-10H,2,11-12H2,1H3. The predicted octanol–water partition coefficient (Wildman–Crippen LogP) is 4.35. The fraction of sp³-hybridized carbons (Fsp3) is 0.211. The molecule has 1 heterocycles. The first-order chi connectivity index (χ1) is 13.5. The first-order valence-electron chi connectivity index (χ1n) is 8.60. The van der Waals surface area contributed by atoms with Crippen LogP contribution >= 0.6 is 11.6 Å². The molecule has 144 valence electrons. The number of nitro groups is 1. The molecule has 0 spiro atoms. The van der Waals surface area contributed by atoms with E-state index >= 15 is 0 Å². The zero-order valence-corrected chi connectivity index (χ0v) is 15.8. The van der Waals surface area contributed by atoms with Crippen LogP contribution in [0, 0.1) is 10.1 Å². The first-order valence-corrected chi connectivity index (χ1v) is 8.98. The van der Waals surface area contributed by atoms with Crippen LogP contribution < -0.4 is 0 Å². The number of hydrogen-bond donors (Lipinski definition) is 0. The quantitative estimate of drug-likeness (QED) is 0.431. The average molecular weight is 401 g/mol. The van der Waals surface area contributed by atoms with Gasteiger partial charge in [-0.15, -0.1) is 10.2 Å². The van der Waals surface area contributed by atoms with Crippen LogP contribution in [-0.4, -0.2) is 32.5 Å². The molecule has 3 rings (SSSR count). The molecule has 8 nitrogen and oxygen atoms in total. The molecule has 0 unspecified atom stereocenters. The van der Waals surface area contributed by atoms with Crippen molar-refractivity contribution in [2.75, 3.05) is 6.54 Å². The lowest BCUT2D eigenvalue weighted by Crippen LogP contribution is -2.31. The van der Waals surface area contributed by atoms with Gasteiger partial charge in [-0.3, -0.25) is 14.9 Å². The Labute approximate surface area is 165 Å². The molecule has 0 aliphatic rings. The van der Waals surface area contributed by atoms with Crippen molar-refractivity contribution in [3.05, 3.63) is 75.1 Å². The SMILES string of the molecule is CCCN(Cc1nnc(-c2ccccc2Cl)o1)C(=O)c1ccc([N+](=O)[O-])cc1. The fourth-order valence-corrected chi connectivity index (χ4v) is 2.87. The number of carbonyl (C=O) groups is 1.